The number of hydrogen-bond donors (Lipinski definition) is 4. The van der Waals surface area contributed by atoms with Crippen LogP contribution < -0.4 is 20.1 Å². The number of carbonyl (C=O) groups is 2. The molecule has 147 heavy (non-hydrogen) atoms. The summed E-state index contributed by atoms with van der Waals surface area (Å²) in [6.07, 6.45) is 12.5. The van der Waals surface area contributed by atoms with Crippen molar-refractivity contribution in [2.75, 3.05) is 86.4 Å². The summed E-state index contributed by atoms with van der Waals surface area (Å²) in [6, 6.07) is 78.5. The Balaban J connectivity index is 0.000000370. The molecule has 30 heteroatoms. The second-order valence-electron chi connectivity index (χ2n) is 38.2. The third kappa shape index (κ3) is 35.4. The number of nitrogens with two attached hydrogens (primary N) is 2. The number of aliphatic carboxylic acids is 2. The van der Waals surface area contributed by atoms with Crippen molar-refractivity contribution < 1.29 is 55.1 Å². The quantitative estimate of drug-likeness (QED) is 0.0122. The van der Waals surface area contributed by atoms with Crippen LogP contribution in [0.15, 0.2) is 244 Å². The smallest absolute Gasteiger partial charge is 0.693 e. The number of carboxylic acids is 2. The summed E-state index contributed by atoms with van der Waals surface area (Å²) in [5.41, 5.74) is 18.4. The Bertz CT molecular complexity index is 6050. The van der Waals surface area contributed by atoms with E-state index in [1.807, 2.05) is 167 Å². The molecule has 8 N–H and O–H groups in total. The summed E-state index contributed by atoms with van der Waals surface area (Å²) in [5.74, 6) is -0.0263. The van der Waals surface area contributed by atoms with Crippen LogP contribution in [0.4, 0.5) is 5.69 Å². The minimum atomic E-state index is -1.44. The summed E-state index contributed by atoms with van der Waals surface area (Å²) in [5, 5.41) is 65.1. The average Bonchev–Trinajstić information content (AvgIpc) is 1.41. The van der Waals surface area contributed by atoms with Crippen molar-refractivity contribution in [1.29, 1.82) is 15.8 Å². The fourth-order valence-electron chi connectivity index (χ4n) is 15.9. The summed E-state index contributed by atoms with van der Waals surface area (Å²) in [6.45, 7) is 60.1. The monoisotopic (exact) mass is 2190 g/mol. The molecule has 0 bridgehead atoms. The molecule has 0 radical (unpaired) electrons. The second kappa shape index (κ2) is 60.1. The number of nitrogens with zero attached hydrogens (tertiary/aromatic N) is 17. The fourth-order valence-corrected chi connectivity index (χ4v) is 16.1. The first-order valence-electron chi connectivity index (χ1n) is 48.4. The van der Waals surface area contributed by atoms with Gasteiger partial charge in [-0.15, -0.1) is 11.6 Å². The van der Waals surface area contributed by atoms with Gasteiger partial charge in [0.2, 0.25) is 0 Å². The number of methoxy groups -OCH3 is 1. The number of hydrogen-bond acceptors (Lipinski definition) is 18. The van der Waals surface area contributed by atoms with Gasteiger partial charge in [0.05, 0.1) is 60.7 Å². The Morgan fingerprint density at radius 1 is 0.490 bits per heavy atom. The Kier molecular flexibility index (Phi) is 51.2. The molecule has 12 aromatic rings. The second-order valence-corrected chi connectivity index (χ2v) is 38.6. The Hall–Kier alpha value is -14.1. The van der Waals surface area contributed by atoms with Crippen LogP contribution in [-0.4, -0.2) is 157 Å². The van der Waals surface area contributed by atoms with Crippen LogP contribution in [0.2, 0.25) is 0 Å². The number of anilines is 1. The molecule has 0 unspecified atom stereocenters. The van der Waals surface area contributed by atoms with E-state index in [0.717, 1.165) is 111 Å². The van der Waals surface area contributed by atoms with E-state index in [1.165, 1.54) is 74.7 Å². The van der Waals surface area contributed by atoms with Crippen molar-refractivity contribution in [3.05, 3.63) is 385 Å². The minimum Gasteiger partial charge on any atom is -0.693 e. The van der Waals surface area contributed by atoms with Crippen LogP contribution >= 0.6 is 11.6 Å². The number of nitriles is 3. The molecular weight excluding hydrogens is 2040 g/mol. The summed E-state index contributed by atoms with van der Waals surface area (Å²) >= 11 is 6.21. The van der Waals surface area contributed by atoms with Crippen molar-refractivity contribution in [3.8, 4) is 29.7 Å². The van der Waals surface area contributed by atoms with Gasteiger partial charge in [0.1, 0.15) is 62.7 Å². The topological polar surface area (TPSA) is 376 Å². The number of rotatable bonds is 37. The van der Waals surface area contributed by atoms with Gasteiger partial charge in [-0.25, -0.2) is 48.7 Å². The molecule has 3 aromatic heterocycles. The number of carboxylic acid groups (broad SMARTS) is 2. The molecule has 0 spiro atoms. The van der Waals surface area contributed by atoms with E-state index in [-0.39, 0.29) is 46.2 Å². The maximum Gasteiger partial charge on any atom is 2.00 e. The summed E-state index contributed by atoms with van der Waals surface area (Å²) in [4.78, 5) is 48.2. The number of ether oxygens (including phenoxy) is 3. The predicted octanol–water partition coefficient (Wildman–Crippen LogP) is 25.1. The maximum atomic E-state index is 10.4. The van der Waals surface area contributed by atoms with E-state index < -0.39 is 50.2 Å². The van der Waals surface area contributed by atoms with Crippen LogP contribution in [0.5, 0.6) is 11.5 Å². The summed E-state index contributed by atoms with van der Waals surface area (Å²) in [7, 11) is 11.7. The zero-order chi connectivity index (χ0) is 106. The van der Waals surface area contributed by atoms with Gasteiger partial charge in [-0.05, 0) is 277 Å². The van der Waals surface area contributed by atoms with E-state index in [2.05, 4.69) is 268 Å². The molecule has 778 valence electrons. The number of likely N-dealkylation sites (N-methyl/N-ethyl adjacent to an activating group) is 2. The first-order valence-corrected chi connectivity index (χ1v) is 49.0. The van der Waals surface area contributed by atoms with Crippen molar-refractivity contribution in [3.63, 3.8) is 0 Å². The zero-order valence-electron chi connectivity index (χ0n) is 89.3. The molecule has 0 atom stereocenters. The van der Waals surface area contributed by atoms with Crippen LogP contribution in [0.1, 0.15) is 237 Å². The van der Waals surface area contributed by atoms with Gasteiger partial charge in [-0.2, -0.15) is 31.1 Å². The Labute approximate surface area is 891 Å². The first kappa shape index (κ1) is 125. The fraction of sp³-hybridized carbons (Fsp3) is 0.385. The van der Waals surface area contributed by atoms with Gasteiger partial charge in [-0.3, -0.25) is 9.59 Å². The molecule has 0 saturated heterocycles. The van der Waals surface area contributed by atoms with Crippen molar-refractivity contribution in [1.82, 2.24) is 59.4 Å². The first-order chi connectivity index (χ1) is 68.7. The number of halogens is 1. The average molecular weight is 2190 g/mol. The number of nitrogens with one attached hydrogen (secondary N) is 2. The molecule has 28 nitrogen and oxygen atoms in total. The SMILES string of the molecule is CC.CC/C(=C(\c1ccccc1)c1ccc(OCCN(C)C)cc1)c1ccccc1.CN(C)CCOc1ccc(/C(=C(/CCCl)c2ccccc2)c2ccccc2)cc1.O=C(O)C1(C(=O)O)CCC1.[C-]#[N+]C(C)(C)c1cc(Cn2cncn2)c(CNC)c(C(C)(C)C#N)c1.[C-]#[N+]C(C)(C)c1cc(Cn2cncn2)c(COC)c(C(C)(C)C#N)c1.[C-]#[N+]C(C)(C)c1cc(Cn2cncn2)c(NCC)c(C(C)(C)C#N)c1.[NH2-].[NH2-].[Pt+2]. The van der Waals surface area contributed by atoms with Crippen molar-refractivity contribution in [2.24, 2.45) is 5.41 Å². The van der Waals surface area contributed by atoms with E-state index in [1.54, 1.807) is 40.1 Å². The molecule has 1 fully saturated rings. The molecule has 9 aromatic carbocycles. The van der Waals surface area contributed by atoms with Crippen molar-refractivity contribution >= 4 is 51.5 Å². The van der Waals surface area contributed by atoms with Gasteiger partial charge in [0, 0.05) is 103 Å². The molecule has 0 amide bonds. The van der Waals surface area contributed by atoms with Crippen LogP contribution in [0.25, 0.3) is 49.1 Å². The molecule has 13 rings (SSSR count). The van der Waals surface area contributed by atoms with Crippen LogP contribution in [0.3, 0.4) is 0 Å². The third-order valence-corrected chi connectivity index (χ3v) is 24.9. The molecule has 0 aliphatic heterocycles. The molecule has 1 aliphatic rings. The number of alkyl halides is 1. The number of benzene rings is 9. The molecule has 1 aliphatic carbocycles. The Morgan fingerprint density at radius 2 is 0.816 bits per heavy atom. The van der Waals surface area contributed by atoms with Crippen LogP contribution in [-0.2, 0) is 101 Å². The Morgan fingerprint density at radius 3 is 1.12 bits per heavy atom. The predicted molar refractivity (Wildman–Crippen MR) is 587 cm³/mol. The molecule has 3 heterocycles. The minimum absolute atomic E-state index is 0. The van der Waals surface area contributed by atoms with Gasteiger partial charge >= 0.3 is 33.0 Å². The normalized spacial score (nSPS) is 12.1. The van der Waals surface area contributed by atoms with Gasteiger partial charge in [-0.1, -0.05) is 166 Å². The van der Waals surface area contributed by atoms with Crippen molar-refractivity contribution in [2.45, 2.75) is 209 Å². The van der Waals surface area contributed by atoms with E-state index >= 15 is 0 Å². The number of allylic oxidation sites excluding steroid dienone is 2. The van der Waals surface area contributed by atoms with E-state index in [0.29, 0.717) is 58.3 Å². The van der Waals surface area contributed by atoms with Crippen LogP contribution in [0, 0.1) is 59.1 Å². The maximum absolute atomic E-state index is 10.4. The standard InChI is InChI=1S/C26H28ClNO.C26H29NO.2C19H24N6.C19H23N5O.C6H8O4.C2H6.2H2N.Pt/c1-28(2)19-20-29-24-15-13-23(14-16-24)26(22-11-7-4-8-12-22)25(17-18-27)21-9-5-3-6-10-21;1-4-25(21-11-7-5-8-12-21)26(22-13-9-6-10-14-22)23-15-17-24(18-16-23)28-20-19-27(2)3;1-18(2,11-20)17-8-15(19(3,4)22-6)7-14(16(17)9-21-5)10-25-13-23-12-24-25;1-7-23-17-14(10-25-13-22-12-24-25)8-15(19(4,5)21-6)9-16(17)18(2,3)11-20;1-18(2,11-20)17-8-15(19(3,4)21-5)7-14(16(17)10-25-6)9-24-13-22-12-23-24;7-4(8)6(5(9)10)2-1-3-6;1-2;;;/h3-16H,17-20H2,1-2H3;5-18H,4,19-20H2,1-3H3;7-8,12-13,21H,9-10H2,1-5H3;8-9,12-13,23H,7,10H2,1-5H3;7-8,12-13H,9-10H2,1-4,6H3;1-3H2,(H,7,8)(H,9,10);1-2H3;2*1H2;/q;;;;;;;2*-1;+2/b2*26-25-;;;;;;;;. The van der Waals surface area contributed by atoms with Gasteiger partial charge in [0.15, 0.2) is 5.41 Å². The van der Waals surface area contributed by atoms with E-state index in [4.69, 9.17) is 55.7 Å². The van der Waals surface area contributed by atoms with Gasteiger partial charge in [0.25, 0.3) is 16.6 Å². The van der Waals surface area contributed by atoms with Gasteiger partial charge < -0.3 is 71.7 Å². The zero-order valence-corrected chi connectivity index (χ0v) is 92.3. The third-order valence-electron chi connectivity index (χ3n) is 24.7. The summed E-state index contributed by atoms with van der Waals surface area (Å²) < 4.78 is 22.4. The largest absolute Gasteiger partial charge is 2.00 e. The molecular formula is C117H146ClN21O7Pt. The molecule has 1 saturated carbocycles. The number of aromatic nitrogens is 9. The van der Waals surface area contributed by atoms with E-state index in [9.17, 15) is 25.4 Å².